The molecule has 5 N–H and O–H groups in total. The van der Waals surface area contributed by atoms with Crippen LogP contribution in [-0.4, -0.2) is 82.6 Å². The Balaban J connectivity index is 1.48. The molecule has 3 aliphatic carbocycles. The lowest BCUT2D eigenvalue weighted by molar-refractivity contribution is -0.181. The summed E-state index contributed by atoms with van der Waals surface area (Å²) in [6.07, 6.45) is -0.401. The van der Waals surface area contributed by atoms with Gasteiger partial charge in [0.2, 0.25) is 5.91 Å². The Labute approximate surface area is 259 Å². The summed E-state index contributed by atoms with van der Waals surface area (Å²) in [6, 6.07) is 9.11. The van der Waals surface area contributed by atoms with Crippen molar-refractivity contribution in [1.82, 2.24) is 10.2 Å². The molecule has 0 heterocycles. The summed E-state index contributed by atoms with van der Waals surface area (Å²) in [4.78, 5) is 80.2. The number of Topliss-reactive ketones (excluding diaryl/α,β-unsaturated/α-hetero) is 4. The number of rotatable bonds is 7. The molecule has 0 radical (unpaired) electrons. The molecule has 0 saturated heterocycles. The van der Waals surface area contributed by atoms with Gasteiger partial charge in [0.05, 0.1) is 24.1 Å². The molecule has 5 rings (SSSR count). The van der Waals surface area contributed by atoms with Crippen LogP contribution in [0.2, 0.25) is 0 Å². The third-order valence-corrected chi connectivity index (χ3v) is 9.19. The fraction of sp³-hybridized carbons (Fsp3) is 0.455. The lowest BCUT2D eigenvalue weighted by Crippen LogP contribution is -2.74. The van der Waals surface area contributed by atoms with Gasteiger partial charge in [-0.1, -0.05) is 44.2 Å². The van der Waals surface area contributed by atoms with Gasteiger partial charge in [0.25, 0.3) is 0 Å². The van der Waals surface area contributed by atoms with Gasteiger partial charge in [0.15, 0.2) is 34.7 Å². The number of nitrogens with two attached hydrogens (primary N) is 1. The van der Waals surface area contributed by atoms with Gasteiger partial charge >= 0.3 is 6.09 Å². The number of nitrogens with zero attached hydrogens (tertiary/aromatic N) is 1. The van der Waals surface area contributed by atoms with E-state index in [0.29, 0.717) is 17.7 Å². The molecular weight excluding hydrogens is 582 g/mol. The van der Waals surface area contributed by atoms with E-state index in [1.54, 1.807) is 20.2 Å². The molecule has 2 fully saturated rings. The first-order valence-corrected chi connectivity index (χ1v) is 14.9. The second-order valence-electron chi connectivity index (χ2n) is 12.8. The molecule has 2 saturated carbocycles. The smallest absolute Gasteiger partial charge is 0.407 e. The monoisotopic (exact) mass is 619 g/mol. The highest BCUT2D eigenvalue weighted by molar-refractivity contribution is 6.32. The Morgan fingerprint density at radius 3 is 2.33 bits per heavy atom. The van der Waals surface area contributed by atoms with E-state index < -0.39 is 70.4 Å². The minimum absolute atomic E-state index is 0.0312. The standard InChI is InChI=1S/C33H37N3O9/c1-15(2)14-45-32(43)35-13-16-5-7-17(8-6-16)19-9-10-22(37)24-20(19)11-18-12-21-26(36(3)4)28(39)25(31(34)42)30(41)33(21,44)29(40)23(18)27(24)38/h5-10,15,18,21,23,25-26,37,44H,11-14H2,1-4H3,(H2,34,42)(H,35,43)/t18-,21-,23?,25?,26-,33-/m0/s1. The van der Waals surface area contributed by atoms with E-state index in [0.717, 1.165) is 11.1 Å². The van der Waals surface area contributed by atoms with Gasteiger partial charge in [-0.05, 0) is 67.1 Å². The van der Waals surface area contributed by atoms with E-state index in [-0.39, 0.29) is 36.6 Å². The fourth-order valence-corrected chi connectivity index (χ4v) is 7.14. The van der Waals surface area contributed by atoms with Crippen molar-refractivity contribution in [3.05, 3.63) is 53.1 Å². The van der Waals surface area contributed by atoms with Crippen LogP contribution < -0.4 is 11.1 Å². The van der Waals surface area contributed by atoms with Crippen LogP contribution in [0.4, 0.5) is 4.79 Å². The number of likely N-dealkylation sites (N-methyl/N-ethyl adjacent to an activating group) is 1. The van der Waals surface area contributed by atoms with Crippen LogP contribution in [0.15, 0.2) is 36.4 Å². The lowest BCUT2D eigenvalue weighted by atomic mass is 9.52. The predicted molar refractivity (Wildman–Crippen MR) is 160 cm³/mol. The number of hydrogen-bond acceptors (Lipinski definition) is 10. The quantitative estimate of drug-likeness (QED) is 0.329. The molecule has 0 aromatic heterocycles. The SMILES string of the molecule is CC(C)COC(=O)NCc1ccc(-c2ccc(O)c3c2C[C@H]2C[C@H]4[C@H](N(C)C)C(=O)C(C(N)=O)C(=O)[C@@]4(O)C(=O)C2C3=O)cc1. The predicted octanol–water partition coefficient (Wildman–Crippen LogP) is 1.42. The molecule has 2 aromatic rings. The van der Waals surface area contributed by atoms with Gasteiger partial charge in [0.1, 0.15) is 5.75 Å². The molecule has 2 aromatic carbocycles. The number of amides is 2. The summed E-state index contributed by atoms with van der Waals surface area (Å²) in [6.45, 7) is 4.42. The summed E-state index contributed by atoms with van der Waals surface area (Å²) < 4.78 is 5.13. The fourth-order valence-electron chi connectivity index (χ4n) is 7.14. The van der Waals surface area contributed by atoms with Crippen LogP contribution >= 0.6 is 0 Å². The zero-order valence-electron chi connectivity index (χ0n) is 25.5. The van der Waals surface area contributed by atoms with Crippen LogP contribution in [0.3, 0.4) is 0 Å². The number of phenolic OH excluding ortho intramolecular Hbond substituents is 1. The Hall–Kier alpha value is -4.42. The van der Waals surface area contributed by atoms with E-state index in [2.05, 4.69) is 5.32 Å². The Kier molecular flexibility index (Phi) is 8.41. The average Bonchev–Trinajstić information content (AvgIpc) is 2.97. The second-order valence-corrected chi connectivity index (χ2v) is 12.8. The van der Waals surface area contributed by atoms with Gasteiger partial charge in [-0.2, -0.15) is 0 Å². The Morgan fingerprint density at radius 1 is 1.07 bits per heavy atom. The number of alkyl carbamates (subject to hydrolysis) is 1. The summed E-state index contributed by atoms with van der Waals surface area (Å²) in [5.41, 5.74) is 5.20. The molecule has 12 heteroatoms. The number of primary amides is 1. The summed E-state index contributed by atoms with van der Waals surface area (Å²) in [5.74, 6) is -10.7. The van der Waals surface area contributed by atoms with Crippen molar-refractivity contribution in [1.29, 1.82) is 0 Å². The highest BCUT2D eigenvalue weighted by Crippen LogP contribution is 2.51. The molecule has 2 unspecified atom stereocenters. The number of hydrogen-bond donors (Lipinski definition) is 4. The first-order chi connectivity index (χ1) is 21.2. The van der Waals surface area contributed by atoms with E-state index >= 15 is 0 Å². The van der Waals surface area contributed by atoms with Crippen molar-refractivity contribution in [3.8, 4) is 16.9 Å². The molecule has 0 spiro atoms. The van der Waals surface area contributed by atoms with Crippen molar-refractivity contribution >= 4 is 35.1 Å². The minimum Gasteiger partial charge on any atom is -0.507 e. The second kappa shape index (κ2) is 11.8. The molecule has 6 atom stereocenters. The number of fused-ring (bicyclic) bond motifs is 3. The van der Waals surface area contributed by atoms with E-state index in [1.807, 2.05) is 38.1 Å². The molecule has 0 aliphatic heterocycles. The van der Waals surface area contributed by atoms with Gasteiger partial charge in [-0.3, -0.25) is 28.9 Å². The molecule has 238 valence electrons. The van der Waals surface area contributed by atoms with Crippen LogP contribution in [0.25, 0.3) is 11.1 Å². The van der Waals surface area contributed by atoms with Crippen LogP contribution in [-0.2, 0) is 36.9 Å². The number of benzene rings is 2. The molecule has 45 heavy (non-hydrogen) atoms. The van der Waals surface area contributed by atoms with Crippen molar-refractivity contribution in [2.75, 3.05) is 20.7 Å². The van der Waals surface area contributed by atoms with Crippen molar-refractivity contribution in [2.45, 2.75) is 44.9 Å². The molecule has 0 bridgehead atoms. The van der Waals surface area contributed by atoms with E-state index in [1.165, 1.54) is 11.0 Å². The number of nitrogens with one attached hydrogen (secondary N) is 1. The molecule has 3 aliphatic rings. The van der Waals surface area contributed by atoms with E-state index in [4.69, 9.17) is 10.5 Å². The lowest BCUT2D eigenvalue weighted by Gasteiger charge is -2.52. The number of aliphatic hydroxyl groups is 1. The molecule has 2 amide bonds. The first kappa shape index (κ1) is 32.0. The minimum atomic E-state index is -2.77. The van der Waals surface area contributed by atoms with Gasteiger partial charge in [-0.15, -0.1) is 0 Å². The summed E-state index contributed by atoms with van der Waals surface area (Å²) in [5, 5.41) is 25.2. The maximum absolute atomic E-state index is 14.0. The van der Waals surface area contributed by atoms with Gasteiger partial charge < -0.3 is 26.0 Å². The van der Waals surface area contributed by atoms with Crippen LogP contribution in [0.1, 0.15) is 41.8 Å². The maximum atomic E-state index is 14.0. The van der Waals surface area contributed by atoms with Crippen molar-refractivity contribution < 1.29 is 43.7 Å². The third kappa shape index (κ3) is 5.31. The highest BCUT2D eigenvalue weighted by Gasteiger charge is 2.69. The van der Waals surface area contributed by atoms with E-state index in [9.17, 15) is 39.0 Å². The normalized spacial score (nSPS) is 27.6. The van der Waals surface area contributed by atoms with Crippen LogP contribution in [0.5, 0.6) is 5.75 Å². The average molecular weight is 620 g/mol. The van der Waals surface area contributed by atoms with Crippen molar-refractivity contribution in [3.63, 3.8) is 0 Å². The first-order valence-electron chi connectivity index (χ1n) is 14.9. The molecule has 12 nitrogen and oxygen atoms in total. The zero-order valence-corrected chi connectivity index (χ0v) is 25.5. The van der Waals surface area contributed by atoms with Gasteiger partial charge in [-0.25, -0.2) is 4.79 Å². The molecular formula is C33H37N3O9. The number of ether oxygens (including phenoxy) is 1. The Bertz CT molecular complexity index is 1600. The van der Waals surface area contributed by atoms with Crippen molar-refractivity contribution in [2.24, 2.45) is 35.3 Å². The maximum Gasteiger partial charge on any atom is 0.407 e. The third-order valence-electron chi connectivity index (χ3n) is 9.19. The summed E-state index contributed by atoms with van der Waals surface area (Å²) in [7, 11) is 3.08. The summed E-state index contributed by atoms with van der Waals surface area (Å²) >= 11 is 0. The number of ketones is 4. The van der Waals surface area contributed by atoms with Gasteiger partial charge in [0, 0.05) is 12.5 Å². The largest absolute Gasteiger partial charge is 0.507 e. The Morgan fingerprint density at radius 2 is 1.73 bits per heavy atom. The zero-order chi connectivity index (χ0) is 33.0. The number of carbonyl (C=O) groups excluding carboxylic acids is 6. The highest BCUT2D eigenvalue weighted by atomic mass is 16.5. The van der Waals surface area contributed by atoms with Crippen LogP contribution in [0, 0.1) is 29.6 Å². The number of aromatic hydroxyl groups is 1. The number of carbonyl (C=O) groups is 6. The topological polar surface area (TPSA) is 193 Å². The number of phenols is 1.